The molecule has 2 atom stereocenters. The molecular formula is C16H25ClN2O2. The summed E-state index contributed by atoms with van der Waals surface area (Å²) in [5, 5.41) is 3.02. The normalized spacial score (nSPS) is 21.4. The van der Waals surface area contributed by atoms with E-state index in [0.717, 1.165) is 36.8 Å². The van der Waals surface area contributed by atoms with Gasteiger partial charge in [0.25, 0.3) is 0 Å². The Bertz CT molecular complexity index is 454. The summed E-state index contributed by atoms with van der Waals surface area (Å²) in [6.45, 7) is 1.17. The van der Waals surface area contributed by atoms with Gasteiger partial charge in [0.1, 0.15) is 0 Å². The van der Waals surface area contributed by atoms with E-state index < -0.39 is 0 Å². The summed E-state index contributed by atoms with van der Waals surface area (Å²) in [5.74, 6) is 0.221. The monoisotopic (exact) mass is 312 g/mol. The van der Waals surface area contributed by atoms with Crippen molar-refractivity contribution < 1.29 is 9.53 Å². The number of nitrogens with one attached hydrogen (secondary N) is 1. The van der Waals surface area contributed by atoms with Crippen molar-refractivity contribution in [2.75, 3.05) is 7.11 Å². The number of hydrogen-bond donors (Lipinski definition) is 2. The Labute approximate surface area is 132 Å². The zero-order chi connectivity index (χ0) is 14.4. The molecule has 1 fully saturated rings. The van der Waals surface area contributed by atoms with Crippen molar-refractivity contribution in [3.8, 4) is 0 Å². The SMILES string of the molecule is COCc1cccc(CNC(=O)C2CCCC(N)C2)c1.Cl. The summed E-state index contributed by atoms with van der Waals surface area (Å²) in [5.41, 5.74) is 8.16. The van der Waals surface area contributed by atoms with Gasteiger partial charge in [0.15, 0.2) is 0 Å². The molecule has 1 aromatic carbocycles. The summed E-state index contributed by atoms with van der Waals surface area (Å²) in [7, 11) is 1.68. The molecule has 1 aliphatic carbocycles. The van der Waals surface area contributed by atoms with E-state index in [2.05, 4.69) is 11.4 Å². The summed E-state index contributed by atoms with van der Waals surface area (Å²) in [6, 6.07) is 8.29. The Morgan fingerprint density at radius 2 is 2.14 bits per heavy atom. The van der Waals surface area contributed by atoms with Gasteiger partial charge in [0.2, 0.25) is 5.91 Å². The first-order valence-corrected chi connectivity index (χ1v) is 7.29. The first-order chi connectivity index (χ1) is 9.69. The molecule has 0 saturated heterocycles. The van der Waals surface area contributed by atoms with Crippen LogP contribution in [0.2, 0.25) is 0 Å². The van der Waals surface area contributed by atoms with Crippen molar-refractivity contribution in [2.24, 2.45) is 11.7 Å². The van der Waals surface area contributed by atoms with Gasteiger partial charge in [-0.3, -0.25) is 4.79 Å². The van der Waals surface area contributed by atoms with Crippen molar-refractivity contribution in [3.05, 3.63) is 35.4 Å². The van der Waals surface area contributed by atoms with E-state index in [1.54, 1.807) is 7.11 Å². The third kappa shape index (κ3) is 5.65. The average molecular weight is 313 g/mol. The highest BCUT2D eigenvalue weighted by Crippen LogP contribution is 2.23. The third-order valence-electron chi connectivity index (χ3n) is 3.85. The maximum atomic E-state index is 12.1. The van der Waals surface area contributed by atoms with Gasteiger partial charge >= 0.3 is 0 Å². The van der Waals surface area contributed by atoms with Crippen LogP contribution in [0.4, 0.5) is 0 Å². The second-order valence-corrected chi connectivity index (χ2v) is 5.59. The van der Waals surface area contributed by atoms with Crippen LogP contribution < -0.4 is 11.1 Å². The molecule has 21 heavy (non-hydrogen) atoms. The largest absolute Gasteiger partial charge is 0.380 e. The van der Waals surface area contributed by atoms with Crippen LogP contribution >= 0.6 is 12.4 Å². The number of ether oxygens (including phenoxy) is 1. The number of halogens is 1. The topological polar surface area (TPSA) is 64.3 Å². The van der Waals surface area contributed by atoms with Crippen molar-refractivity contribution in [2.45, 2.75) is 44.9 Å². The molecule has 1 saturated carbocycles. The Hall–Kier alpha value is -1.10. The van der Waals surface area contributed by atoms with Gasteiger partial charge in [0.05, 0.1) is 6.61 Å². The van der Waals surface area contributed by atoms with Crippen LogP contribution in [0.15, 0.2) is 24.3 Å². The predicted octanol–water partition coefficient (Wildman–Crippen LogP) is 2.39. The van der Waals surface area contributed by atoms with Crippen LogP contribution in [0.5, 0.6) is 0 Å². The number of methoxy groups -OCH3 is 1. The zero-order valence-corrected chi connectivity index (χ0v) is 13.3. The minimum Gasteiger partial charge on any atom is -0.380 e. The molecular weight excluding hydrogens is 288 g/mol. The zero-order valence-electron chi connectivity index (χ0n) is 12.5. The van der Waals surface area contributed by atoms with E-state index >= 15 is 0 Å². The minimum absolute atomic E-state index is 0. The van der Waals surface area contributed by atoms with Crippen LogP contribution in [0.25, 0.3) is 0 Å². The molecule has 0 heterocycles. The van der Waals surface area contributed by atoms with E-state index in [1.165, 1.54) is 0 Å². The molecule has 0 spiro atoms. The molecule has 1 aromatic rings. The number of carbonyl (C=O) groups is 1. The lowest BCUT2D eigenvalue weighted by Gasteiger charge is -2.25. The van der Waals surface area contributed by atoms with Crippen LogP contribution in [-0.4, -0.2) is 19.1 Å². The van der Waals surface area contributed by atoms with Crippen molar-refractivity contribution in [3.63, 3.8) is 0 Å². The third-order valence-corrected chi connectivity index (χ3v) is 3.85. The highest BCUT2D eigenvalue weighted by Gasteiger charge is 2.24. The number of carbonyl (C=O) groups excluding carboxylic acids is 1. The summed E-state index contributed by atoms with van der Waals surface area (Å²) in [6.07, 6.45) is 3.88. The molecule has 1 amide bonds. The molecule has 0 bridgehead atoms. The minimum atomic E-state index is 0. The lowest BCUT2D eigenvalue weighted by molar-refractivity contribution is -0.126. The highest BCUT2D eigenvalue weighted by atomic mass is 35.5. The maximum absolute atomic E-state index is 12.1. The molecule has 2 rings (SSSR count). The van der Waals surface area contributed by atoms with Crippen molar-refractivity contribution in [1.29, 1.82) is 0 Å². The fourth-order valence-corrected chi connectivity index (χ4v) is 2.80. The predicted molar refractivity (Wildman–Crippen MR) is 86.2 cm³/mol. The van der Waals surface area contributed by atoms with E-state index in [0.29, 0.717) is 13.2 Å². The molecule has 2 unspecified atom stereocenters. The lowest BCUT2D eigenvalue weighted by atomic mass is 9.85. The van der Waals surface area contributed by atoms with Crippen LogP contribution in [0.1, 0.15) is 36.8 Å². The number of amides is 1. The summed E-state index contributed by atoms with van der Waals surface area (Å²) in [4.78, 5) is 12.1. The fourth-order valence-electron chi connectivity index (χ4n) is 2.80. The van der Waals surface area contributed by atoms with E-state index in [1.807, 2.05) is 18.2 Å². The maximum Gasteiger partial charge on any atom is 0.223 e. The number of hydrogen-bond acceptors (Lipinski definition) is 3. The van der Waals surface area contributed by atoms with E-state index in [4.69, 9.17) is 10.5 Å². The van der Waals surface area contributed by atoms with Crippen LogP contribution in [0.3, 0.4) is 0 Å². The second kappa shape index (κ2) is 9.03. The Morgan fingerprint density at radius 1 is 1.38 bits per heavy atom. The van der Waals surface area contributed by atoms with Gasteiger partial charge in [-0.15, -0.1) is 12.4 Å². The van der Waals surface area contributed by atoms with Gasteiger partial charge < -0.3 is 15.8 Å². The fraction of sp³-hybridized carbons (Fsp3) is 0.562. The van der Waals surface area contributed by atoms with Crippen molar-refractivity contribution in [1.82, 2.24) is 5.32 Å². The highest BCUT2D eigenvalue weighted by molar-refractivity contribution is 5.85. The smallest absolute Gasteiger partial charge is 0.223 e. The van der Waals surface area contributed by atoms with E-state index in [-0.39, 0.29) is 30.3 Å². The van der Waals surface area contributed by atoms with Gasteiger partial charge in [-0.2, -0.15) is 0 Å². The second-order valence-electron chi connectivity index (χ2n) is 5.59. The standard InChI is InChI=1S/C16H24N2O2.ClH/c1-20-11-13-5-2-4-12(8-13)10-18-16(19)14-6-3-7-15(17)9-14;/h2,4-5,8,14-15H,3,6-7,9-11,17H2,1H3,(H,18,19);1H. The van der Waals surface area contributed by atoms with E-state index in [9.17, 15) is 4.79 Å². The van der Waals surface area contributed by atoms with Crippen molar-refractivity contribution >= 4 is 18.3 Å². The van der Waals surface area contributed by atoms with Gasteiger partial charge in [-0.25, -0.2) is 0 Å². The Balaban J connectivity index is 0.00000220. The molecule has 4 nitrogen and oxygen atoms in total. The molecule has 0 radical (unpaired) electrons. The number of nitrogens with two attached hydrogens (primary N) is 1. The molecule has 0 aliphatic heterocycles. The van der Waals surface area contributed by atoms with Crippen LogP contribution in [-0.2, 0) is 22.7 Å². The Morgan fingerprint density at radius 3 is 2.86 bits per heavy atom. The van der Waals surface area contributed by atoms with Gasteiger partial charge in [0, 0.05) is 25.6 Å². The van der Waals surface area contributed by atoms with Gasteiger partial charge in [-0.1, -0.05) is 30.7 Å². The lowest BCUT2D eigenvalue weighted by Crippen LogP contribution is -2.37. The molecule has 0 aromatic heterocycles. The molecule has 3 N–H and O–H groups in total. The quantitative estimate of drug-likeness (QED) is 0.877. The average Bonchev–Trinajstić information content (AvgIpc) is 2.45. The summed E-state index contributed by atoms with van der Waals surface area (Å²) >= 11 is 0. The van der Waals surface area contributed by atoms with Gasteiger partial charge in [-0.05, 0) is 30.4 Å². The Kier molecular flexibility index (Phi) is 7.72. The van der Waals surface area contributed by atoms with Crippen LogP contribution in [0, 0.1) is 5.92 Å². The molecule has 118 valence electrons. The molecule has 5 heteroatoms. The summed E-state index contributed by atoms with van der Waals surface area (Å²) < 4.78 is 5.11. The first kappa shape index (κ1) is 18.0. The first-order valence-electron chi connectivity index (χ1n) is 7.29. The number of benzene rings is 1. The molecule has 1 aliphatic rings. The number of rotatable bonds is 5.